The highest BCUT2D eigenvalue weighted by Crippen LogP contribution is 2.22. The number of nitrogens with one attached hydrogen (secondary N) is 1. The second-order valence-electron chi connectivity index (χ2n) is 4.19. The Morgan fingerprint density at radius 1 is 1.21 bits per heavy atom. The lowest BCUT2D eigenvalue weighted by atomic mass is 10.1. The van der Waals surface area contributed by atoms with Crippen molar-refractivity contribution in [2.24, 2.45) is 0 Å². The van der Waals surface area contributed by atoms with Crippen LogP contribution in [0.5, 0.6) is 0 Å². The van der Waals surface area contributed by atoms with Crippen LogP contribution in [0.3, 0.4) is 0 Å². The van der Waals surface area contributed by atoms with E-state index in [4.69, 9.17) is 23.2 Å². The van der Waals surface area contributed by atoms with Crippen LogP contribution in [0.2, 0.25) is 10.0 Å². The molecular weight excluding hydrogens is 283 g/mol. The maximum atomic E-state index is 11.9. The summed E-state index contributed by atoms with van der Waals surface area (Å²) < 4.78 is 0. The lowest BCUT2D eigenvalue weighted by Gasteiger charge is -2.06. The highest BCUT2D eigenvalue weighted by atomic mass is 35.5. The van der Waals surface area contributed by atoms with Gasteiger partial charge in [0.05, 0.1) is 16.5 Å². The summed E-state index contributed by atoms with van der Waals surface area (Å²) in [4.78, 5) is 15.9. The van der Waals surface area contributed by atoms with Gasteiger partial charge in [0.15, 0.2) is 0 Å². The molecule has 0 saturated heterocycles. The fourth-order valence-corrected chi connectivity index (χ4v) is 1.95. The Kier molecular flexibility index (Phi) is 4.40. The number of benzene rings is 1. The van der Waals surface area contributed by atoms with Gasteiger partial charge in [-0.15, -0.1) is 0 Å². The molecule has 98 valence electrons. The highest BCUT2D eigenvalue weighted by Gasteiger charge is 2.07. The summed E-state index contributed by atoms with van der Waals surface area (Å²) in [6, 6.07) is 8.82. The molecule has 2 rings (SSSR count). The molecule has 0 aliphatic heterocycles. The first-order valence-electron chi connectivity index (χ1n) is 5.71. The average Bonchev–Trinajstić information content (AvgIpc) is 2.34. The summed E-state index contributed by atoms with van der Waals surface area (Å²) in [6.45, 7) is 1.94. The molecule has 1 aromatic heterocycles. The van der Waals surface area contributed by atoms with Crippen LogP contribution in [0.15, 0.2) is 36.5 Å². The minimum Gasteiger partial charge on any atom is -0.310 e. The maximum Gasteiger partial charge on any atom is 0.229 e. The van der Waals surface area contributed by atoms with Gasteiger partial charge in [-0.2, -0.15) is 0 Å². The van der Waals surface area contributed by atoms with Crippen molar-refractivity contribution in [3.63, 3.8) is 0 Å². The van der Waals surface area contributed by atoms with Crippen molar-refractivity contribution in [3.05, 3.63) is 57.7 Å². The molecule has 1 N–H and O–H groups in total. The van der Waals surface area contributed by atoms with E-state index in [-0.39, 0.29) is 12.3 Å². The summed E-state index contributed by atoms with van der Waals surface area (Å²) in [6.07, 6.45) is 1.89. The molecule has 19 heavy (non-hydrogen) atoms. The Bertz CT molecular complexity index is 614. The van der Waals surface area contributed by atoms with E-state index in [2.05, 4.69) is 10.3 Å². The van der Waals surface area contributed by atoms with Crippen LogP contribution in [-0.2, 0) is 11.2 Å². The minimum atomic E-state index is -0.142. The number of halogens is 2. The Morgan fingerprint density at radius 3 is 2.68 bits per heavy atom. The Labute approximate surface area is 121 Å². The number of amides is 1. The first-order chi connectivity index (χ1) is 9.04. The summed E-state index contributed by atoms with van der Waals surface area (Å²) in [5.74, 6) is 0.404. The third-order valence-corrected chi connectivity index (χ3v) is 3.27. The highest BCUT2D eigenvalue weighted by molar-refractivity contribution is 6.42. The van der Waals surface area contributed by atoms with E-state index in [1.807, 2.05) is 19.1 Å². The number of carbonyl (C=O) groups is 1. The van der Waals surface area contributed by atoms with Crippen LogP contribution in [0, 0.1) is 6.92 Å². The molecule has 0 radical (unpaired) electrons. The van der Waals surface area contributed by atoms with Gasteiger partial charge in [-0.1, -0.05) is 29.3 Å². The van der Waals surface area contributed by atoms with Gasteiger partial charge in [-0.05, 0) is 42.3 Å². The van der Waals surface area contributed by atoms with E-state index >= 15 is 0 Å². The smallest absolute Gasteiger partial charge is 0.229 e. The van der Waals surface area contributed by atoms with Crippen LogP contribution < -0.4 is 5.32 Å². The fourth-order valence-electron chi connectivity index (χ4n) is 1.63. The number of anilines is 1. The molecule has 2 aromatic rings. The van der Waals surface area contributed by atoms with Gasteiger partial charge >= 0.3 is 0 Å². The first-order valence-corrected chi connectivity index (χ1v) is 6.46. The van der Waals surface area contributed by atoms with Crippen molar-refractivity contribution in [3.8, 4) is 0 Å². The number of carbonyl (C=O) groups excluding carboxylic acids is 1. The molecule has 1 amide bonds. The summed E-state index contributed by atoms with van der Waals surface area (Å²) in [7, 11) is 0. The zero-order valence-corrected chi connectivity index (χ0v) is 11.8. The standard InChI is InChI=1S/C14H12Cl2N2O/c1-9-4-5-17-13(6-9)18-14(19)8-10-2-3-11(15)12(16)7-10/h2-7H,8H2,1H3,(H,17,18,19). The molecule has 0 aliphatic rings. The maximum absolute atomic E-state index is 11.9. The van der Waals surface area contributed by atoms with Crippen molar-refractivity contribution in [1.29, 1.82) is 0 Å². The molecule has 0 aliphatic carbocycles. The van der Waals surface area contributed by atoms with E-state index in [1.54, 1.807) is 24.4 Å². The van der Waals surface area contributed by atoms with Gasteiger partial charge < -0.3 is 5.32 Å². The van der Waals surface area contributed by atoms with Crippen LogP contribution in [-0.4, -0.2) is 10.9 Å². The number of nitrogens with zero attached hydrogens (tertiary/aromatic N) is 1. The normalized spacial score (nSPS) is 10.3. The summed E-state index contributed by atoms with van der Waals surface area (Å²) >= 11 is 11.7. The molecule has 3 nitrogen and oxygen atoms in total. The van der Waals surface area contributed by atoms with E-state index < -0.39 is 0 Å². The average molecular weight is 295 g/mol. The molecule has 0 unspecified atom stereocenters. The summed E-state index contributed by atoms with van der Waals surface area (Å²) in [5, 5.41) is 3.66. The molecular formula is C14H12Cl2N2O. The van der Waals surface area contributed by atoms with Gasteiger partial charge in [-0.3, -0.25) is 4.79 Å². The Balaban J connectivity index is 2.03. The SMILES string of the molecule is Cc1ccnc(NC(=O)Cc2ccc(Cl)c(Cl)c2)c1. The zero-order valence-electron chi connectivity index (χ0n) is 10.3. The zero-order chi connectivity index (χ0) is 13.8. The number of aryl methyl sites for hydroxylation is 1. The second-order valence-corrected chi connectivity index (χ2v) is 5.01. The third-order valence-electron chi connectivity index (χ3n) is 2.53. The van der Waals surface area contributed by atoms with Crippen LogP contribution in [0.4, 0.5) is 5.82 Å². The molecule has 0 bridgehead atoms. The van der Waals surface area contributed by atoms with Crippen LogP contribution >= 0.6 is 23.2 Å². The molecule has 1 heterocycles. The minimum absolute atomic E-state index is 0.142. The summed E-state index contributed by atoms with van der Waals surface area (Å²) in [5.41, 5.74) is 1.85. The molecule has 0 saturated carbocycles. The van der Waals surface area contributed by atoms with Gasteiger partial charge in [0.25, 0.3) is 0 Å². The van der Waals surface area contributed by atoms with E-state index in [0.29, 0.717) is 15.9 Å². The number of aromatic nitrogens is 1. The van der Waals surface area contributed by atoms with E-state index in [1.165, 1.54) is 0 Å². The van der Waals surface area contributed by atoms with E-state index in [0.717, 1.165) is 11.1 Å². The molecule has 1 aromatic carbocycles. The molecule has 0 fully saturated rings. The predicted octanol–water partition coefficient (Wildman–Crippen LogP) is 3.88. The predicted molar refractivity (Wildman–Crippen MR) is 77.8 cm³/mol. The number of pyridine rings is 1. The fraction of sp³-hybridized carbons (Fsp3) is 0.143. The third kappa shape index (κ3) is 3.94. The van der Waals surface area contributed by atoms with Crippen molar-refractivity contribution in [2.75, 3.05) is 5.32 Å². The van der Waals surface area contributed by atoms with Crippen LogP contribution in [0.25, 0.3) is 0 Å². The van der Waals surface area contributed by atoms with Crippen molar-refractivity contribution < 1.29 is 4.79 Å². The quantitative estimate of drug-likeness (QED) is 0.933. The lowest BCUT2D eigenvalue weighted by molar-refractivity contribution is -0.115. The number of hydrogen-bond acceptors (Lipinski definition) is 2. The van der Waals surface area contributed by atoms with Gasteiger partial charge in [0, 0.05) is 6.20 Å². The second kappa shape index (κ2) is 6.04. The Morgan fingerprint density at radius 2 is 2.00 bits per heavy atom. The molecule has 5 heteroatoms. The van der Waals surface area contributed by atoms with Crippen molar-refractivity contribution in [1.82, 2.24) is 4.98 Å². The first kappa shape index (κ1) is 13.8. The topological polar surface area (TPSA) is 42.0 Å². The monoisotopic (exact) mass is 294 g/mol. The Hall–Kier alpha value is -1.58. The largest absolute Gasteiger partial charge is 0.310 e. The van der Waals surface area contributed by atoms with Crippen molar-refractivity contribution >= 4 is 34.9 Å². The van der Waals surface area contributed by atoms with Crippen molar-refractivity contribution in [2.45, 2.75) is 13.3 Å². The van der Waals surface area contributed by atoms with Gasteiger partial charge in [0.2, 0.25) is 5.91 Å². The molecule has 0 atom stereocenters. The lowest BCUT2D eigenvalue weighted by Crippen LogP contribution is -2.15. The number of hydrogen-bond donors (Lipinski definition) is 1. The molecule has 0 spiro atoms. The van der Waals surface area contributed by atoms with Crippen LogP contribution in [0.1, 0.15) is 11.1 Å². The van der Waals surface area contributed by atoms with Gasteiger partial charge in [0.1, 0.15) is 5.82 Å². The van der Waals surface area contributed by atoms with E-state index in [9.17, 15) is 4.79 Å². The van der Waals surface area contributed by atoms with Gasteiger partial charge in [-0.25, -0.2) is 4.98 Å². The number of rotatable bonds is 3.